The van der Waals surface area contributed by atoms with E-state index in [0.717, 1.165) is 10.2 Å². The second kappa shape index (κ2) is 7.87. The first-order valence-corrected chi connectivity index (χ1v) is 8.50. The summed E-state index contributed by atoms with van der Waals surface area (Å²) in [6.07, 6.45) is 3.13. The van der Waals surface area contributed by atoms with Crippen LogP contribution in [0, 0.1) is 6.92 Å². The summed E-state index contributed by atoms with van der Waals surface area (Å²) in [4.78, 5) is 28.1. The highest BCUT2D eigenvalue weighted by molar-refractivity contribution is 9.10. The number of anilines is 1. The normalized spacial score (nSPS) is 10.4. The van der Waals surface area contributed by atoms with Gasteiger partial charge in [-0.3, -0.25) is 14.6 Å². The van der Waals surface area contributed by atoms with Crippen molar-refractivity contribution in [3.8, 4) is 5.69 Å². The van der Waals surface area contributed by atoms with Crippen LogP contribution in [0.3, 0.4) is 0 Å². The maximum absolute atomic E-state index is 12.3. The fourth-order valence-electron chi connectivity index (χ4n) is 2.28. The lowest BCUT2D eigenvalue weighted by atomic mass is 10.3. The maximum Gasteiger partial charge on any atom is 0.274 e. The number of benzene rings is 1. The predicted molar refractivity (Wildman–Crippen MR) is 99.0 cm³/mol. The summed E-state index contributed by atoms with van der Waals surface area (Å²) < 4.78 is 2.46. The van der Waals surface area contributed by atoms with Crippen LogP contribution in [0.5, 0.6) is 0 Å². The SMILES string of the molecule is Cc1c(C(=O)NCC(=O)Nc2cccnc2)nnn1-c1cccc(Br)c1. The van der Waals surface area contributed by atoms with Crippen LogP contribution < -0.4 is 10.6 Å². The van der Waals surface area contributed by atoms with Crippen LogP contribution in [0.2, 0.25) is 0 Å². The van der Waals surface area contributed by atoms with Crippen molar-refractivity contribution in [1.29, 1.82) is 0 Å². The third-order valence-electron chi connectivity index (χ3n) is 3.52. The topological polar surface area (TPSA) is 102 Å². The maximum atomic E-state index is 12.3. The molecule has 0 bridgehead atoms. The number of amides is 2. The van der Waals surface area contributed by atoms with Gasteiger partial charge in [0.2, 0.25) is 5.91 Å². The molecule has 2 heterocycles. The summed E-state index contributed by atoms with van der Waals surface area (Å²) >= 11 is 3.40. The predicted octanol–water partition coefficient (Wildman–Crippen LogP) is 2.10. The van der Waals surface area contributed by atoms with Crippen molar-refractivity contribution in [2.24, 2.45) is 0 Å². The van der Waals surface area contributed by atoms with Crippen molar-refractivity contribution >= 4 is 33.4 Å². The molecule has 0 unspecified atom stereocenters. The van der Waals surface area contributed by atoms with Gasteiger partial charge in [0.05, 0.1) is 29.8 Å². The van der Waals surface area contributed by atoms with Crippen LogP contribution in [0.4, 0.5) is 5.69 Å². The lowest BCUT2D eigenvalue weighted by molar-refractivity contribution is -0.115. The summed E-state index contributed by atoms with van der Waals surface area (Å²) in [5.41, 5.74) is 2.08. The van der Waals surface area contributed by atoms with Crippen molar-refractivity contribution < 1.29 is 9.59 Å². The van der Waals surface area contributed by atoms with Gasteiger partial charge in [-0.1, -0.05) is 27.2 Å². The van der Waals surface area contributed by atoms with Crippen LogP contribution in [0.15, 0.2) is 53.3 Å². The number of halogens is 1. The Hall–Kier alpha value is -3.07. The molecule has 1 aromatic carbocycles. The van der Waals surface area contributed by atoms with E-state index in [1.165, 1.54) is 6.20 Å². The molecule has 0 radical (unpaired) electrons. The van der Waals surface area contributed by atoms with Crippen molar-refractivity contribution in [1.82, 2.24) is 25.3 Å². The Kier molecular flexibility index (Phi) is 5.37. The molecule has 9 heteroatoms. The van der Waals surface area contributed by atoms with Crippen LogP contribution in [0.1, 0.15) is 16.2 Å². The summed E-state index contributed by atoms with van der Waals surface area (Å²) in [5, 5.41) is 13.1. The Bertz CT molecular complexity index is 941. The van der Waals surface area contributed by atoms with E-state index in [1.807, 2.05) is 24.3 Å². The summed E-state index contributed by atoms with van der Waals surface area (Å²) in [6.45, 7) is 1.56. The fraction of sp³-hybridized carbons (Fsp3) is 0.118. The lowest BCUT2D eigenvalue weighted by Crippen LogP contribution is -2.33. The Morgan fingerprint density at radius 2 is 2.08 bits per heavy atom. The van der Waals surface area contributed by atoms with E-state index in [-0.39, 0.29) is 18.1 Å². The zero-order valence-electron chi connectivity index (χ0n) is 13.8. The third-order valence-corrected chi connectivity index (χ3v) is 4.01. The van der Waals surface area contributed by atoms with Gasteiger partial charge in [0, 0.05) is 10.7 Å². The molecule has 0 saturated heterocycles. The Labute approximate surface area is 157 Å². The monoisotopic (exact) mass is 414 g/mol. The van der Waals surface area contributed by atoms with Crippen LogP contribution >= 0.6 is 15.9 Å². The van der Waals surface area contributed by atoms with Crippen molar-refractivity contribution in [3.63, 3.8) is 0 Å². The first kappa shape index (κ1) is 17.7. The molecule has 132 valence electrons. The number of carbonyl (C=O) groups is 2. The molecule has 0 aliphatic carbocycles. The van der Waals surface area contributed by atoms with E-state index in [1.54, 1.807) is 29.9 Å². The molecule has 3 rings (SSSR count). The lowest BCUT2D eigenvalue weighted by Gasteiger charge is -2.06. The van der Waals surface area contributed by atoms with E-state index in [9.17, 15) is 9.59 Å². The average Bonchev–Trinajstić information content (AvgIpc) is 3.02. The Morgan fingerprint density at radius 3 is 2.81 bits per heavy atom. The molecule has 8 nitrogen and oxygen atoms in total. The van der Waals surface area contributed by atoms with Gasteiger partial charge in [-0.15, -0.1) is 5.10 Å². The van der Waals surface area contributed by atoms with E-state index >= 15 is 0 Å². The molecule has 2 N–H and O–H groups in total. The molecule has 0 aliphatic heterocycles. The van der Waals surface area contributed by atoms with E-state index in [4.69, 9.17) is 0 Å². The van der Waals surface area contributed by atoms with E-state index < -0.39 is 5.91 Å². The number of nitrogens with one attached hydrogen (secondary N) is 2. The van der Waals surface area contributed by atoms with Crippen molar-refractivity contribution in [2.45, 2.75) is 6.92 Å². The minimum Gasteiger partial charge on any atom is -0.342 e. The van der Waals surface area contributed by atoms with Gasteiger partial charge in [0.15, 0.2) is 5.69 Å². The second-order valence-electron chi connectivity index (χ2n) is 5.39. The minimum absolute atomic E-state index is 0.166. The van der Waals surface area contributed by atoms with Crippen molar-refractivity contribution in [3.05, 3.63) is 64.7 Å². The zero-order chi connectivity index (χ0) is 18.5. The van der Waals surface area contributed by atoms with Gasteiger partial charge in [-0.2, -0.15) is 0 Å². The van der Waals surface area contributed by atoms with Crippen molar-refractivity contribution in [2.75, 3.05) is 11.9 Å². The van der Waals surface area contributed by atoms with E-state index in [0.29, 0.717) is 11.4 Å². The van der Waals surface area contributed by atoms with Gasteiger partial charge >= 0.3 is 0 Å². The highest BCUT2D eigenvalue weighted by Gasteiger charge is 2.18. The van der Waals surface area contributed by atoms with Gasteiger partial charge < -0.3 is 10.6 Å². The number of hydrogen-bond donors (Lipinski definition) is 2. The number of carbonyl (C=O) groups excluding carboxylic acids is 2. The zero-order valence-corrected chi connectivity index (χ0v) is 15.4. The third kappa shape index (κ3) is 4.12. The van der Waals surface area contributed by atoms with Crippen LogP contribution in [0.25, 0.3) is 5.69 Å². The smallest absolute Gasteiger partial charge is 0.274 e. The minimum atomic E-state index is -0.468. The second-order valence-corrected chi connectivity index (χ2v) is 6.30. The number of rotatable bonds is 5. The molecule has 3 aromatic rings. The molecule has 0 saturated carbocycles. The average molecular weight is 415 g/mol. The summed E-state index contributed by atoms with van der Waals surface area (Å²) in [7, 11) is 0. The van der Waals surface area contributed by atoms with Gasteiger partial charge in [0.25, 0.3) is 5.91 Å². The molecule has 0 aliphatic rings. The molecular formula is C17H15BrN6O2. The Balaban J connectivity index is 1.64. The van der Waals surface area contributed by atoms with Gasteiger partial charge in [0.1, 0.15) is 0 Å². The molecule has 0 spiro atoms. The van der Waals surface area contributed by atoms with Gasteiger partial charge in [-0.05, 0) is 37.3 Å². The summed E-state index contributed by atoms with van der Waals surface area (Å²) in [5.74, 6) is -0.825. The number of hydrogen-bond acceptors (Lipinski definition) is 5. The highest BCUT2D eigenvalue weighted by Crippen LogP contribution is 2.17. The molecule has 0 fully saturated rings. The molecular weight excluding hydrogens is 400 g/mol. The molecule has 26 heavy (non-hydrogen) atoms. The quantitative estimate of drug-likeness (QED) is 0.665. The first-order valence-electron chi connectivity index (χ1n) is 7.71. The Morgan fingerprint density at radius 1 is 1.23 bits per heavy atom. The molecule has 2 aromatic heterocycles. The molecule has 0 atom stereocenters. The number of aromatic nitrogens is 4. The number of nitrogens with zero attached hydrogens (tertiary/aromatic N) is 4. The number of pyridine rings is 1. The van der Waals surface area contributed by atoms with Gasteiger partial charge in [-0.25, -0.2) is 4.68 Å². The standard InChI is InChI=1S/C17H15BrN6O2/c1-11-16(22-23-24(11)14-6-2-4-12(18)8-14)17(26)20-10-15(25)21-13-5-3-7-19-9-13/h2-9H,10H2,1H3,(H,20,26)(H,21,25). The largest absolute Gasteiger partial charge is 0.342 e. The van der Waals surface area contributed by atoms with E-state index in [2.05, 4.69) is 41.9 Å². The first-order chi connectivity index (χ1) is 12.5. The highest BCUT2D eigenvalue weighted by atomic mass is 79.9. The summed E-state index contributed by atoms with van der Waals surface area (Å²) in [6, 6.07) is 10.9. The molecule has 2 amide bonds. The van der Waals surface area contributed by atoms with Crippen LogP contribution in [-0.2, 0) is 4.79 Å². The fourth-order valence-corrected chi connectivity index (χ4v) is 2.67. The van der Waals surface area contributed by atoms with Crippen LogP contribution in [-0.4, -0.2) is 38.3 Å².